The summed E-state index contributed by atoms with van der Waals surface area (Å²) >= 11 is 0. The highest BCUT2D eigenvalue weighted by molar-refractivity contribution is 5.90. The lowest BCUT2D eigenvalue weighted by Crippen LogP contribution is -2.49. The molecule has 3 heterocycles. The lowest BCUT2D eigenvalue weighted by atomic mass is 9.85. The van der Waals surface area contributed by atoms with Crippen LogP contribution in [0.2, 0.25) is 0 Å². The van der Waals surface area contributed by atoms with Gasteiger partial charge in [-0.25, -0.2) is 4.68 Å². The van der Waals surface area contributed by atoms with Crippen molar-refractivity contribution in [3.8, 4) is 0 Å². The summed E-state index contributed by atoms with van der Waals surface area (Å²) in [6.45, 7) is 7.24. The molecule has 4 unspecified atom stereocenters. The Morgan fingerprint density at radius 3 is 2.74 bits per heavy atom. The van der Waals surface area contributed by atoms with E-state index >= 15 is 0 Å². The third-order valence-corrected chi connectivity index (χ3v) is 6.30. The van der Waals surface area contributed by atoms with Gasteiger partial charge in [-0.2, -0.15) is 0 Å². The van der Waals surface area contributed by atoms with Gasteiger partial charge in [0.15, 0.2) is 0 Å². The van der Waals surface area contributed by atoms with Crippen LogP contribution in [0.1, 0.15) is 64.6 Å². The number of likely N-dealkylation sites (tertiary alicyclic amines) is 1. The Morgan fingerprint density at radius 1 is 1.35 bits per heavy atom. The maximum absolute atomic E-state index is 13.7. The molecule has 0 aliphatic carbocycles. The molecule has 1 aromatic heterocycles. The van der Waals surface area contributed by atoms with Crippen molar-refractivity contribution in [2.45, 2.75) is 83.6 Å². The molecule has 31 heavy (non-hydrogen) atoms. The predicted molar refractivity (Wildman–Crippen MR) is 115 cm³/mol. The van der Waals surface area contributed by atoms with Gasteiger partial charge in [0.25, 0.3) is 0 Å². The van der Waals surface area contributed by atoms with E-state index in [4.69, 9.17) is 9.47 Å². The van der Waals surface area contributed by atoms with Crippen molar-refractivity contribution in [2.24, 2.45) is 5.41 Å². The molecule has 0 saturated carbocycles. The number of aryl methyl sites for hydroxylation is 1. The van der Waals surface area contributed by atoms with Gasteiger partial charge in [0.1, 0.15) is 12.1 Å². The summed E-state index contributed by atoms with van der Waals surface area (Å²) in [6.07, 6.45) is 7.60. The van der Waals surface area contributed by atoms with E-state index in [0.29, 0.717) is 13.0 Å². The predicted octanol–water partition coefficient (Wildman–Crippen LogP) is 1.73. The summed E-state index contributed by atoms with van der Waals surface area (Å²) in [5.74, 6) is -0.306. The number of carbonyl (C=O) groups is 2. The molecule has 1 N–H and O–H groups in total. The van der Waals surface area contributed by atoms with Crippen molar-refractivity contribution in [3.63, 3.8) is 0 Å². The number of nitrogens with zero attached hydrogens (tertiary/aromatic N) is 4. The maximum atomic E-state index is 13.7. The molecule has 3 rings (SSSR count). The normalized spacial score (nSPS) is 25.5. The van der Waals surface area contributed by atoms with Gasteiger partial charge in [0.2, 0.25) is 11.8 Å². The van der Waals surface area contributed by atoms with E-state index in [2.05, 4.69) is 15.6 Å². The standard InChI is InChI=1S/C22H37N5O4/c1-22(2,3)19(21(29)26-14-17(30-5)12-18(26)20(28)23-4)27-13-15(24-25-27)9-10-16-8-6-7-11-31-16/h13,16-19H,6-12,14H2,1-5H3,(H,23,28). The molecule has 9 nitrogen and oxygen atoms in total. The number of amides is 2. The molecule has 2 fully saturated rings. The number of nitrogens with one attached hydrogen (secondary N) is 1. The van der Waals surface area contributed by atoms with Crippen LogP contribution >= 0.6 is 0 Å². The monoisotopic (exact) mass is 435 g/mol. The van der Waals surface area contributed by atoms with Crippen LogP contribution in [0.4, 0.5) is 0 Å². The Morgan fingerprint density at radius 2 is 2.13 bits per heavy atom. The highest BCUT2D eigenvalue weighted by atomic mass is 16.5. The summed E-state index contributed by atoms with van der Waals surface area (Å²) in [5.41, 5.74) is 0.447. The highest BCUT2D eigenvalue weighted by Gasteiger charge is 2.45. The molecule has 0 aromatic carbocycles. The lowest BCUT2D eigenvalue weighted by Gasteiger charge is -2.34. The van der Waals surface area contributed by atoms with Gasteiger partial charge in [0.05, 0.1) is 17.9 Å². The van der Waals surface area contributed by atoms with Crippen LogP contribution in [0.5, 0.6) is 0 Å². The SMILES string of the molecule is CNC(=O)C1CC(OC)CN1C(=O)C(n1cc(CCC2CCCCO2)nn1)C(C)(C)C. The fourth-order valence-corrected chi connectivity index (χ4v) is 4.56. The topological polar surface area (TPSA) is 98.6 Å². The zero-order valence-electron chi connectivity index (χ0n) is 19.5. The molecule has 0 bridgehead atoms. The van der Waals surface area contributed by atoms with Crippen molar-refractivity contribution >= 4 is 11.8 Å². The van der Waals surface area contributed by atoms with Gasteiger partial charge in [0, 0.05) is 39.9 Å². The summed E-state index contributed by atoms with van der Waals surface area (Å²) in [4.78, 5) is 27.8. The molecule has 174 valence electrons. The summed E-state index contributed by atoms with van der Waals surface area (Å²) < 4.78 is 12.9. The van der Waals surface area contributed by atoms with Crippen LogP contribution < -0.4 is 5.32 Å². The third-order valence-electron chi connectivity index (χ3n) is 6.30. The van der Waals surface area contributed by atoms with E-state index in [1.165, 1.54) is 6.42 Å². The molecular formula is C22H37N5O4. The fraction of sp³-hybridized carbons (Fsp3) is 0.818. The first kappa shape index (κ1) is 23.7. The molecule has 4 atom stereocenters. The van der Waals surface area contributed by atoms with Crippen molar-refractivity contribution < 1.29 is 19.1 Å². The van der Waals surface area contributed by atoms with Crippen LogP contribution in [0.25, 0.3) is 0 Å². The molecule has 0 radical (unpaired) electrons. The molecule has 2 aliphatic heterocycles. The second-order valence-corrected chi connectivity index (χ2v) is 9.70. The van der Waals surface area contributed by atoms with Crippen molar-refractivity contribution in [1.82, 2.24) is 25.2 Å². The average molecular weight is 436 g/mol. The Kier molecular flexibility index (Phi) is 7.69. The third kappa shape index (κ3) is 5.63. The minimum atomic E-state index is -0.567. The van der Waals surface area contributed by atoms with Gasteiger partial charge in [-0.3, -0.25) is 9.59 Å². The number of ether oxygens (including phenoxy) is 2. The molecule has 1 aromatic rings. The lowest BCUT2D eigenvalue weighted by molar-refractivity contribution is -0.144. The zero-order valence-corrected chi connectivity index (χ0v) is 19.5. The molecule has 2 aliphatic rings. The zero-order chi connectivity index (χ0) is 22.6. The first-order chi connectivity index (χ1) is 14.7. The number of aromatic nitrogens is 3. The van der Waals surface area contributed by atoms with Crippen LogP contribution in [-0.4, -0.2) is 77.3 Å². The van der Waals surface area contributed by atoms with Gasteiger partial charge in [-0.15, -0.1) is 5.10 Å². The van der Waals surface area contributed by atoms with Crippen molar-refractivity contribution in [2.75, 3.05) is 27.3 Å². The van der Waals surface area contributed by atoms with Crippen molar-refractivity contribution in [1.29, 1.82) is 0 Å². The number of carbonyl (C=O) groups excluding carboxylic acids is 2. The van der Waals surface area contributed by atoms with Crippen LogP contribution in [-0.2, 0) is 25.5 Å². The van der Waals surface area contributed by atoms with Crippen molar-refractivity contribution in [3.05, 3.63) is 11.9 Å². The van der Waals surface area contributed by atoms with Gasteiger partial charge < -0.3 is 19.7 Å². The Labute approximate surface area is 184 Å². The number of hydrogen-bond donors (Lipinski definition) is 1. The quantitative estimate of drug-likeness (QED) is 0.700. The van der Waals surface area contributed by atoms with Crippen LogP contribution in [0.3, 0.4) is 0 Å². The fourth-order valence-electron chi connectivity index (χ4n) is 4.56. The minimum Gasteiger partial charge on any atom is -0.380 e. The summed E-state index contributed by atoms with van der Waals surface area (Å²) in [6, 6.07) is -1.11. The van der Waals surface area contributed by atoms with Crippen LogP contribution in [0.15, 0.2) is 6.20 Å². The van der Waals surface area contributed by atoms with E-state index in [1.807, 2.05) is 27.0 Å². The summed E-state index contributed by atoms with van der Waals surface area (Å²) in [5, 5.41) is 11.3. The molecular weight excluding hydrogens is 398 g/mol. The molecule has 9 heteroatoms. The second kappa shape index (κ2) is 10.1. The van der Waals surface area contributed by atoms with E-state index in [9.17, 15) is 9.59 Å². The van der Waals surface area contributed by atoms with E-state index in [0.717, 1.165) is 38.0 Å². The van der Waals surface area contributed by atoms with E-state index in [-0.39, 0.29) is 24.0 Å². The maximum Gasteiger partial charge on any atom is 0.248 e. The highest BCUT2D eigenvalue weighted by Crippen LogP contribution is 2.34. The number of methoxy groups -OCH3 is 1. The minimum absolute atomic E-state index is 0.132. The van der Waals surface area contributed by atoms with Gasteiger partial charge >= 0.3 is 0 Å². The van der Waals surface area contributed by atoms with Gasteiger partial charge in [-0.1, -0.05) is 26.0 Å². The number of hydrogen-bond acceptors (Lipinski definition) is 6. The Balaban J connectivity index is 1.76. The second-order valence-electron chi connectivity index (χ2n) is 9.70. The molecule has 0 spiro atoms. The summed E-state index contributed by atoms with van der Waals surface area (Å²) in [7, 11) is 3.20. The van der Waals surface area contributed by atoms with Crippen LogP contribution in [0, 0.1) is 5.41 Å². The number of rotatable bonds is 7. The molecule has 2 amide bonds. The average Bonchev–Trinajstić information content (AvgIpc) is 3.38. The molecule has 2 saturated heterocycles. The van der Waals surface area contributed by atoms with E-state index < -0.39 is 17.5 Å². The number of likely N-dealkylation sites (N-methyl/N-ethyl adjacent to an activating group) is 1. The van der Waals surface area contributed by atoms with E-state index in [1.54, 1.807) is 23.7 Å². The Hall–Kier alpha value is -2.00. The largest absolute Gasteiger partial charge is 0.380 e. The first-order valence-electron chi connectivity index (χ1n) is 11.3. The van der Waals surface area contributed by atoms with Gasteiger partial charge in [-0.05, 0) is 37.5 Å². The smallest absolute Gasteiger partial charge is 0.248 e. The Bertz CT molecular complexity index is 753. The first-order valence-corrected chi connectivity index (χ1v) is 11.3.